The Bertz CT molecular complexity index is 873. The van der Waals surface area contributed by atoms with Crippen molar-refractivity contribution in [3.05, 3.63) is 57.9 Å². The predicted octanol–water partition coefficient (Wildman–Crippen LogP) is 4.02. The van der Waals surface area contributed by atoms with E-state index in [0.29, 0.717) is 5.17 Å². The number of anilines is 1. The number of halogens is 2. The van der Waals surface area contributed by atoms with Crippen LogP contribution in [0.25, 0.3) is 0 Å². The van der Waals surface area contributed by atoms with E-state index in [2.05, 4.69) is 32.9 Å². The molecule has 1 fully saturated rings. The second-order valence-electron chi connectivity index (χ2n) is 5.61. The molecule has 0 radical (unpaired) electrons. The van der Waals surface area contributed by atoms with E-state index in [-0.39, 0.29) is 18.0 Å². The fraction of sp³-hybridized carbons (Fsp3) is 0.167. The molecule has 1 saturated heterocycles. The largest absolute Gasteiger partial charge is 0.324 e. The minimum absolute atomic E-state index is 0.0477. The minimum atomic E-state index is -0.575. The number of nitrogens with zero attached hydrogens (tertiary/aromatic N) is 2. The normalized spacial score (nSPS) is 18.4. The lowest BCUT2D eigenvalue weighted by molar-refractivity contribution is -0.127. The predicted molar refractivity (Wildman–Crippen MR) is 110 cm³/mol. The van der Waals surface area contributed by atoms with Gasteiger partial charge in [0.05, 0.1) is 11.4 Å². The number of carbonyl (C=O) groups is 2. The molecule has 0 saturated carbocycles. The summed E-state index contributed by atoms with van der Waals surface area (Å²) >= 11 is 3.45. The smallest absolute Gasteiger partial charge is 0.242 e. The van der Waals surface area contributed by atoms with Crippen molar-refractivity contribution in [1.29, 1.82) is 0 Å². The number of hydrogen-bond donors (Lipinski definition) is 1. The molecule has 1 N–H and O–H groups in total. The number of amides is 2. The summed E-state index contributed by atoms with van der Waals surface area (Å²) in [6.07, 6.45) is -0.0477. The Morgan fingerprint density at radius 3 is 2.65 bits per heavy atom. The Balaban J connectivity index is 1.67. The van der Waals surface area contributed by atoms with E-state index in [4.69, 9.17) is 0 Å². The fourth-order valence-corrected chi connectivity index (χ4v) is 3.87. The third kappa shape index (κ3) is 4.42. The Hall–Kier alpha value is -1.94. The molecular weight excluding hydrogens is 468 g/mol. The Kier molecular flexibility index (Phi) is 5.92. The van der Waals surface area contributed by atoms with Crippen molar-refractivity contribution in [2.24, 2.45) is 4.99 Å². The average Bonchev–Trinajstić information content (AvgIpc) is 2.87. The Morgan fingerprint density at radius 1 is 1.27 bits per heavy atom. The molecule has 26 heavy (non-hydrogen) atoms. The van der Waals surface area contributed by atoms with Crippen molar-refractivity contribution in [2.75, 3.05) is 12.4 Å². The van der Waals surface area contributed by atoms with Crippen molar-refractivity contribution < 1.29 is 14.0 Å². The van der Waals surface area contributed by atoms with Crippen molar-refractivity contribution >= 4 is 62.7 Å². The third-order valence-corrected chi connectivity index (χ3v) is 5.66. The molecule has 134 valence electrons. The first-order chi connectivity index (χ1) is 12.4. The van der Waals surface area contributed by atoms with E-state index < -0.39 is 17.0 Å². The van der Waals surface area contributed by atoms with Gasteiger partial charge in [-0.3, -0.25) is 14.5 Å². The number of benzene rings is 2. The van der Waals surface area contributed by atoms with E-state index in [0.717, 1.165) is 9.26 Å². The molecule has 8 heteroatoms. The molecule has 0 bridgehead atoms. The third-order valence-electron chi connectivity index (χ3n) is 3.71. The van der Waals surface area contributed by atoms with E-state index >= 15 is 0 Å². The van der Waals surface area contributed by atoms with Gasteiger partial charge in [0.15, 0.2) is 5.17 Å². The summed E-state index contributed by atoms with van der Waals surface area (Å²) in [7, 11) is 1.63. The first-order valence-corrected chi connectivity index (χ1v) is 9.73. The number of thioether (sulfide) groups is 1. The zero-order valence-corrected chi connectivity index (χ0v) is 16.8. The van der Waals surface area contributed by atoms with Crippen molar-refractivity contribution in [1.82, 2.24) is 4.90 Å². The molecule has 0 aliphatic carbocycles. The van der Waals surface area contributed by atoms with Crippen LogP contribution in [0.4, 0.5) is 15.8 Å². The van der Waals surface area contributed by atoms with Crippen LogP contribution in [0, 0.1) is 9.39 Å². The molecule has 5 nitrogen and oxygen atoms in total. The lowest BCUT2D eigenvalue weighted by atomic mass is 10.2. The molecule has 2 aromatic rings. The maximum atomic E-state index is 13.6. The zero-order valence-electron chi connectivity index (χ0n) is 13.8. The second-order valence-corrected chi connectivity index (χ2v) is 8.02. The molecule has 1 atom stereocenters. The van der Waals surface area contributed by atoms with E-state index in [9.17, 15) is 14.0 Å². The van der Waals surface area contributed by atoms with Gasteiger partial charge in [-0.2, -0.15) is 0 Å². The summed E-state index contributed by atoms with van der Waals surface area (Å²) < 4.78 is 14.7. The van der Waals surface area contributed by atoms with E-state index in [1.807, 2.05) is 24.3 Å². The van der Waals surface area contributed by atoms with Crippen LogP contribution in [0.3, 0.4) is 0 Å². The van der Waals surface area contributed by atoms with E-state index in [1.165, 1.54) is 28.8 Å². The monoisotopic (exact) mass is 483 g/mol. The molecule has 3 rings (SSSR count). The number of hydrogen-bond acceptors (Lipinski definition) is 4. The van der Waals surface area contributed by atoms with Gasteiger partial charge in [-0.15, -0.1) is 0 Å². The summed E-state index contributed by atoms with van der Waals surface area (Å²) in [5.41, 5.74) is 0.845. The summed E-state index contributed by atoms with van der Waals surface area (Å²) in [6, 6.07) is 13.5. The first kappa shape index (κ1) is 18.8. The summed E-state index contributed by atoms with van der Waals surface area (Å²) in [4.78, 5) is 30.5. The molecule has 0 spiro atoms. The Morgan fingerprint density at radius 2 is 1.96 bits per heavy atom. The molecular formula is C18H15FIN3O2S. The van der Waals surface area contributed by atoms with Gasteiger partial charge in [0.2, 0.25) is 11.8 Å². The van der Waals surface area contributed by atoms with Gasteiger partial charge in [0, 0.05) is 17.0 Å². The van der Waals surface area contributed by atoms with Gasteiger partial charge in [0.25, 0.3) is 0 Å². The van der Waals surface area contributed by atoms with Crippen LogP contribution in [0.1, 0.15) is 6.42 Å². The topological polar surface area (TPSA) is 61.8 Å². The number of para-hydroxylation sites is 1. The first-order valence-electron chi connectivity index (χ1n) is 7.77. The molecule has 0 unspecified atom stereocenters. The maximum Gasteiger partial charge on any atom is 0.242 e. The molecule has 1 aliphatic heterocycles. The van der Waals surface area contributed by atoms with Crippen LogP contribution in [0.5, 0.6) is 0 Å². The van der Waals surface area contributed by atoms with Crippen molar-refractivity contribution in [3.8, 4) is 0 Å². The standard InChI is InChI=1S/C18H15FIN3O2S/c1-23-17(25)15(10-16(24)22-14-5-3-2-4-13(14)19)26-18(23)21-12-8-6-11(20)7-9-12/h2-9,15H,10H2,1H3,(H,22,24)/t15-/m0/s1. The number of amidine groups is 1. The van der Waals surface area contributed by atoms with Gasteiger partial charge in [0.1, 0.15) is 11.1 Å². The fourth-order valence-electron chi connectivity index (χ4n) is 2.36. The highest BCUT2D eigenvalue weighted by Crippen LogP contribution is 2.31. The lowest BCUT2D eigenvalue weighted by Gasteiger charge is -2.09. The van der Waals surface area contributed by atoms with E-state index in [1.54, 1.807) is 19.2 Å². The highest BCUT2D eigenvalue weighted by atomic mass is 127. The average molecular weight is 483 g/mol. The van der Waals surface area contributed by atoms with Crippen LogP contribution in [-0.4, -0.2) is 34.2 Å². The summed E-state index contributed by atoms with van der Waals surface area (Å²) in [5, 5.41) is 2.47. The number of carbonyl (C=O) groups excluding carboxylic acids is 2. The second kappa shape index (κ2) is 8.17. The highest BCUT2D eigenvalue weighted by molar-refractivity contribution is 14.1. The molecule has 2 aromatic carbocycles. The lowest BCUT2D eigenvalue weighted by Crippen LogP contribution is -2.30. The van der Waals surface area contributed by atoms with Crippen LogP contribution >= 0.6 is 34.4 Å². The van der Waals surface area contributed by atoms with Gasteiger partial charge < -0.3 is 5.32 Å². The molecule has 1 aliphatic rings. The van der Waals surface area contributed by atoms with Crippen LogP contribution in [0.15, 0.2) is 53.5 Å². The zero-order chi connectivity index (χ0) is 18.7. The van der Waals surface area contributed by atoms with Crippen LogP contribution in [0.2, 0.25) is 0 Å². The molecule has 0 aromatic heterocycles. The Labute approximate surface area is 168 Å². The highest BCUT2D eigenvalue weighted by Gasteiger charge is 2.37. The summed E-state index contributed by atoms with van der Waals surface area (Å²) in [6.45, 7) is 0. The summed E-state index contributed by atoms with van der Waals surface area (Å²) in [5.74, 6) is -1.11. The minimum Gasteiger partial charge on any atom is -0.324 e. The number of rotatable bonds is 4. The molecule has 1 heterocycles. The SMILES string of the molecule is CN1C(=O)[C@H](CC(=O)Nc2ccccc2F)SC1=Nc1ccc(I)cc1. The molecule has 2 amide bonds. The van der Waals surface area contributed by atoms with Gasteiger partial charge in [-0.05, 0) is 59.0 Å². The van der Waals surface area contributed by atoms with Crippen molar-refractivity contribution in [2.45, 2.75) is 11.7 Å². The number of aliphatic imine (C=N–C) groups is 1. The quantitative estimate of drug-likeness (QED) is 0.669. The maximum absolute atomic E-state index is 13.6. The van der Waals surface area contributed by atoms with Gasteiger partial charge in [-0.1, -0.05) is 23.9 Å². The van der Waals surface area contributed by atoms with Crippen LogP contribution in [-0.2, 0) is 9.59 Å². The van der Waals surface area contributed by atoms with Crippen LogP contribution < -0.4 is 5.32 Å². The van der Waals surface area contributed by atoms with Gasteiger partial charge in [-0.25, -0.2) is 9.38 Å². The van der Waals surface area contributed by atoms with Gasteiger partial charge >= 0.3 is 0 Å². The van der Waals surface area contributed by atoms with Crippen molar-refractivity contribution in [3.63, 3.8) is 0 Å². The number of nitrogens with one attached hydrogen (secondary N) is 1.